The molecule has 0 aliphatic carbocycles. The summed E-state index contributed by atoms with van der Waals surface area (Å²) in [7, 11) is -3.65. The van der Waals surface area contributed by atoms with E-state index < -0.39 is 43.4 Å². The highest BCUT2D eigenvalue weighted by atomic mass is 32.2. The van der Waals surface area contributed by atoms with Crippen molar-refractivity contribution in [2.45, 2.75) is 26.7 Å². The minimum atomic E-state index is -3.83. The first-order chi connectivity index (χ1) is 36.3. The molecule has 10 rings (SSSR count). The molecule has 76 heavy (non-hydrogen) atoms. The number of fused-ring (bicyclic) bond motifs is 2. The Morgan fingerprint density at radius 3 is 1.33 bits per heavy atom. The standard InChI is InChI=1S/C25H28FN7O3S2.C25H27FN6O4S2/c1-3-20-24(30(2)25-29-21(15-37-25)17-4-6-18(26)7-5-17)33-14-19(8-9-23(33)28-20)31-10-12-32(13-11-31)38(35,36)16-22(27)34;1-3-20-24(29(2)25-28-21(15-37-25)17-4-6-18(26)7-5-17)32-14-19(8-9-22(32)27-20)30-10-12-31(13-11-30)38(35,36)16-23(33)34/h4-9,14-15H,3,10-13,16H2,1-2H3,(H2,27,34);4-9,14-15H,3,10-13,16H2,1-2H3,(H,33,34). The summed E-state index contributed by atoms with van der Waals surface area (Å²) in [5, 5.41) is 14.3. The lowest BCUT2D eigenvalue weighted by atomic mass is 10.2. The van der Waals surface area contributed by atoms with Gasteiger partial charge in [0.2, 0.25) is 26.0 Å². The zero-order valence-corrected chi connectivity index (χ0v) is 45.2. The van der Waals surface area contributed by atoms with Gasteiger partial charge in [0.05, 0.1) is 34.2 Å². The molecule has 0 bridgehead atoms. The number of imidazole rings is 2. The molecular formula is C50H55F2N13O7S4. The summed E-state index contributed by atoms with van der Waals surface area (Å²) in [5.41, 5.74) is 13.6. The third kappa shape index (κ3) is 11.5. The largest absolute Gasteiger partial charge is 0.480 e. The normalized spacial score (nSPS) is 14.8. The molecule has 20 nitrogen and oxygen atoms in total. The van der Waals surface area contributed by atoms with Crippen molar-refractivity contribution in [3.63, 3.8) is 0 Å². The predicted molar refractivity (Wildman–Crippen MR) is 292 cm³/mol. The lowest BCUT2D eigenvalue weighted by molar-refractivity contribution is -0.134. The average Bonchev–Trinajstić information content (AvgIpc) is 4.29. The third-order valence-corrected chi connectivity index (χ3v) is 18.5. The number of aliphatic carboxylic acids is 1. The fourth-order valence-corrected chi connectivity index (χ4v) is 13.3. The monoisotopic (exact) mass is 1120 g/mol. The lowest BCUT2D eigenvalue weighted by Gasteiger charge is -2.35. The summed E-state index contributed by atoms with van der Waals surface area (Å²) in [6, 6.07) is 20.4. The number of carboxylic acids is 1. The number of carboxylic acid groups (broad SMARTS) is 1. The van der Waals surface area contributed by atoms with Crippen LogP contribution < -0.4 is 25.3 Å². The number of primary amides is 1. The number of carbonyl (C=O) groups is 2. The molecule has 0 saturated carbocycles. The van der Waals surface area contributed by atoms with E-state index in [4.69, 9.17) is 30.8 Å². The number of pyridine rings is 2. The van der Waals surface area contributed by atoms with Crippen LogP contribution in [0.5, 0.6) is 0 Å². The summed E-state index contributed by atoms with van der Waals surface area (Å²) >= 11 is 2.98. The molecule has 3 N–H and O–H groups in total. The van der Waals surface area contributed by atoms with Gasteiger partial charge < -0.3 is 30.4 Å². The number of nitrogens with two attached hydrogens (primary N) is 1. The molecule has 0 radical (unpaired) electrons. The molecule has 2 saturated heterocycles. The van der Waals surface area contributed by atoms with Crippen molar-refractivity contribution in [2.75, 3.05) is 97.6 Å². The molecule has 26 heteroatoms. The molecular weight excluding hydrogens is 1060 g/mol. The number of hydrogen-bond donors (Lipinski definition) is 2. The molecule has 8 aromatic rings. The fraction of sp³-hybridized carbons (Fsp3) is 0.320. The Morgan fingerprint density at radius 1 is 0.592 bits per heavy atom. The van der Waals surface area contributed by atoms with Crippen molar-refractivity contribution in [1.29, 1.82) is 0 Å². The number of sulfonamides is 2. The van der Waals surface area contributed by atoms with Crippen LogP contribution in [-0.2, 0) is 42.5 Å². The highest BCUT2D eigenvalue weighted by Crippen LogP contribution is 2.37. The van der Waals surface area contributed by atoms with Gasteiger partial charge in [0.1, 0.15) is 40.3 Å². The van der Waals surface area contributed by atoms with E-state index in [2.05, 4.69) is 16.7 Å². The van der Waals surface area contributed by atoms with Crippen LogP contribution in [0.4, 0.5) is 42.1 Å². The van der Waals surface area contributed by atoms with Gasteiger partial charge in [0, 0.05) is 101 Å². The molecule has 6 aromatic heterocycles. The van der Waals surface area contributed by atoms with Crippen molar-refractivity contribution in [1.82, 2.24) is 37.3 Å². The van der Waals surface area contributed by atoms with Crippen LogP contribution in [0, 0.1) is 11.6 Å². The van der Waals surface area contributed by atoms with Crippen LogP contribution in [0.15, 0.2) is 96.0 Å². The van der Waals surface area contributed by atoms with Crippen LogP contribution in [0.1, 0.15) is 25.2 Å². The Bertz CT molecular complexity index is 3390. The maximum absolute atomic E-state index is 13.4. The molecule has 2 aliphatic heterocycles. The van der Waals surface area contributed by atoms with Gasteiger partial charge in [-0.25, -0.2) is 45.6 Å². The minimum absolute atomic E-state index is 0.218. The van der Waals surface area contributed by atoms with Gasteiger partial charge >= 0.3 is 5.97 Å². The number of piperazine rings is 2. The number of rotatable bonds is 16. The Hall–Kier alpha value is -7.10. The predicted octanol–water partition coefficient (Wildman–Crippen LogP) is 6.33. The topological polar surface area (TPSA) is 228 Å². The van der Waals surface area contributed by atoms with E-state index in [9.17, 15) is 35.2 Å². The SMILES string of the molecule is CCc1nc2ccc(N3CCN(S(=O)(=O)CC(=O)O)CC3)cn2c1N(C)c1nc(-c2ccc(F)cc2)cs1.CCc1nc2ccc(N3CCN(S(=O)(=O)CC(N)=O)CC3)cn2c1N(C)c1nc(-c2ccc(F)cc2)cs1. The molecule has 0 spiro atoms. The number of aromatic nitrogens is 6. The highest BCUT2D eigenvalue weighted by molar-refractivity contribution is 7.90. The maximum atomic E-state index is 13.4. The van der Waals surface area contributed by atoms with Crippen molar-refractivity contribution in [3.8, 4) is 22.5 Å². The molecule has 2 aromatic carbocycles. The van der Waals surface area contributed by atoms with Crippen LogP contribution in [0.2, 0.25) is 0 Å². The zero-order chi connectivity index (χ0) is 54.1. The number of thiazole rings is 2. The number of carbonyl (C=O) groups excluding carboxylic acids is 1. The van der Waals surface area contributed by atoms with Gasteiger partial charge in [-0.2, -0.15) is 8.61 Å². The molecule has 1 amide bonds. The number of benzene rings is 2. The quantitative estimate of drug-likeness (QED) is 0.108. The van der Waals surface area contributed by atoms with Crippen LogP contribution >= 0.6 is 22.7 Å². The summed E-state index contributed by atoms with van der Waals surface area (Å²) in [4.78, 5) is 49.5. The van der Waals surface area contributed by atoms with E-state index >= 15 is 0 Å². The van der Waals surface area contributed by atoms with Crippen LogP contribution in [0.25, 0.3) is 33.8 Å². The van der Waals surface area contributed by atoms with Gasteiger partial charge in [-0.3, -0.25) is 18.4 Å². The number of nitrogens with zero attached hydrogens (tertiary/aromatic N) is 12. The maximum Gasteiger partial charge on any atom is 0.320 e. The van der Waals surface area contributed by atoms with Gasteiger partial charge in [0.15, 0.2) is 16.0 Å². The number of aryl methyl sites for hydroxylation is 2. The molecule has 2 aliphatic rings. The molecule has 2 fully saturated rings. The van der Waals surface area contributed by atoms with Crippen molar-refractivity contribution in [3.05, 3.63) is 119 Å². The van der Waals surface area contributed by atoms with Crippen molar-refractivity contribution >= 4 is 99.2 Å². The Labute approximate surface area is 446 Å². The number of amides is 1. The van der Waals surface area contributed by atoms with Gasteiger partial charge in [-0.1, -0.05) is 13.8 Å². The fourth-order valence-electron chi connectivity index (χ4n) is 9.19. The summed E-state index contributed by atoms with van der Waals surface area (Å²) in [6.07, 6.45) is 5.44. The number of hydrogen-bond acceptors (Lipinski definition) is 16. The van der Waals surface area contributed by atoms with E-state index in [1.807, 2.05) is 87.0 Å². The second kappa shape index (κ2) is 22.2. The smallest absolute Gasteiger partial charge is 0.320 e. The van der Waals surface area contributed by atoms with E-state index in [1.165, 1.54) is 55.5 Å². The molecule has 400 valence electrons. The molecule has 0 unspecified atom stereocenters. The third-order valence-electron chi connectivity index (χ3n) is 13.1. The number of halogens is 2. The number of anilines is 6. The van der Waals surface area contributed by atoms with E-state index in [-0.39, 0.29) is 37.8 Å². The van der Waals surface area contributed by atoms with Crippen molar-refractivity contribution in [2.24, 2.45) is 5.73 Å². The Morgan fingerprint density at radius 2 is 0.974 bits per heavy atom. The van der Waals surface area contributed by atoms with Gasteiger partial charge in [-0.15, -0.1) is 22.7 Å². The van der Waals surface area contributed by atoms with Crippen molar-refractivity contribution < 1.29 is 40.3 Å². The van der Waals surface area contributed by atoms with Gasteiger partial charge in [0.25, 0.3) is 0 Å². The summed E-state index contributed by atoms with van der Waals surface area (Å²) in [5.74, 6) is -2.59. The second-order valence-electron chi connectivity index (χ2n) is 18.0. The van der Waals surface area contributed by atoms with Crippen LogP contribution in [-0.4, -0.2) is 149 Å². The highest BCUT2D eigenvalue weighted by Gasteiger charge is 2.31. The zero-order valence-electron chi connectivity index (χ0n) is 42.0. The Kier molecular flexibility index (Phi) is 15.7. The second-order valence-corrected chi connectivity index (χ2v) is 23.6. The van der Waals surface area contributed by atoms with Crippen LogP contribution in [0.3, 0.4) is 0 Å². The first kappa shape index (κ1) is 53.7. The summed E-state index contributed by atoms with van der Waals surface area (Å²) < 4.78 is 82.7. The van der Waals surface area contributed by atoms with Gasteiger partial charge in [-0.05, 0) is 85.6 Å². The first-order valence-electron chi connectivity index (χ1n) is 24.2. The Balaban J connectivity index is 0.000000186. The lowest BCUT2D eigenvalue weighted by Crippen LogP contribution is -2.50. The average molecular weight is 1120 g/mol. The van der Waals surface area contributed by atoms with E-state index in [1.54, 1.807) is 24.3 Å². The first-order valence-corrected chi connectivity index (χ1v) is 29.2. The summed E-state index contributed by atoms with van der Waals surface area (Å²) in [6.45, 7) is 6.93. The molecule has 8 heterocycles. The van der Waals surface area contributed by atoms with E-state index in [0.29, 0.717) is 32.6 Å². The molecule has 0 atom stereocenters. The minimum Gasteiger partial charge on any atom is -0.480 e. The van der Waals surface area contributed by atoms with E-state index in [0.717, 1.165) is 84.9 Å².